The van der Waals surface area contributed by atoms with E-state index >= 15 is 0 Å². The maximum absolute atomic E-state index is 4.52. The summed E-state index contributed by atoms with van der Waals surface area (Å²) in [5.41, 5.74) is 6.86. The summed E-state index contributed by atoms with van der Waals surface area (Å²) in [5, 5.41) is 2.90. The molecule has 2 aromatic heterocycles. The Morgan fingerprint density at radius 3 is 2.67 bits per heavy atom. The predicted octanol–water partition coefficient (Wildman–Crippen LogP) is 5.67. The number of benzene rings is 1. The Balaban J connectivity index is 2.05. The lowest BCUT2D eigenvalue weighted by Crippen LogP contribution is -2.08. The molecule has 3 heteroatoms. The van der Waals surface area contributed by atoms with Gasteiger partial charge in [-0.2, -0.15) is 0 Å². The zero-order valence-electron chi connectivity index (χ0n) is 16.9. The molecule has 1 atom stereocenters. The van der Waals surface area contributed by atoms with Crippen molar-refractivity contribution in [1.29, 1.82) is 0 Å². The highest BCUT2D eigenvalue weighted by molar-refractivity contribution is 7.46. The van der Waals surface area contributed by atoms with Gasteiger partial charge in [0.15, 0.2) is 0 Å². The van der Waals surface area contributed by atoms with Gasteiger partial charge in [0.1, 0.15) is 0 Å². The number of allylic oxidation sites excluding steroid dienone is 1. The first-order chi connectivity index (χ1) is 13.1. The molecule has 0 saturated heterocycles. The smallest absolute Gasteiger partial charge is 0.0485 e. The van der Waals surface area contributed by atoms with Crippen LogP contribution < -0.4 is 5.30 Å². The van der Waals surface area contributed by atoms with E-state index in [9.17, 15) is 0 Å². The molecule has 2 nitrogen and oxygen atoms in total. The first-order valence-corrected chi connectivity index (χ1v) is 11.5. The Morgan fingerprint density at radius 1 is 1.15 bits per heavy atom. The first-order valence-electron chi connectivity index (χ1n) is 10.00. The number of aromatic nitrogens is 2. The molecule has 3 rings (SSSR count). The van der Waals surface area contributed by atoms with Crippen molar-refractivity contribution in [2.24, 2.45) is 0 Å². The van der Waals surface area contributed by atoms with Crippen LogP contribution in [0.2, 0.25) is 0 Å². The monoisotopic (exact) mass is 378 g/mol. The van der Waals surface area contributed by atoms with Gasteiger partial charge in [-0.05, 0) is 68.0 Å². The van der Waals surface area contributed by atoms with Crippen LogP contribution in [0.4, 0.5) is 0 Å². The summed E-state index contributed by atoms with van der Waals surface area (Å²) in [5.74, 6) is 0. The minimum Gasteiger partial charge on any atom is -0.344 e. The van der Waals surface area contributed by atoms with Crippen molar-refractivity contribution in [3.05, 3.63) is 71.7 Å². The highest BCUT2D eigenvalue weighted by Gasteiger charge is 2.17. The molecule has 0 N–H and O–H groups in total. The van der Waals surface area contributed by atoms with Crippen LogP contribution in [0.3, 0.4) is 0 Å². The Labute approximate surface area is 165 Å². The summed E-state index contributed by atoms with van der Waals surface area (Å²) in [7, 11) is 0.836. The highest BCUT2D eigenvalue weighted by atomic mass is 31.1. The second-order valence-electron chi connectivity index (χ2n) is 7.34. The zero-order valence-corrected chi connectivity index (χ0v) is 17.9. The minimum atomic E-state index is 0.836. The number of aryl methyl sites for hydroxylation is 3. The summed E-state index contributed by atoms with van der Waals surface area (Å²) in [6.07, 6.45) is 7.32. The largest absolute Gasteiger partial charge is 0.344 e. The fourth-order valence-electron chi connectivity index (χ4n) is 3.80. The van der Waals surface area contributed by atoms with Crippen LogP contribution in [0, 0.1) is 0 Å². The Kier molecular flexibility index (Phi) is 6.85. The van der Waals surface area contributed by atoms with Crippen molar-refractivity contribution in [1.82, 2.24) is 9.55 Å². The van der Waals surface area contributed by atoms with Gasteiger partial charge in [0.2, 0.25) is 0 Å². The molecule has 0 radical (unpaired) electrons. The topological polar surface area (TPSA) is 17.8 Å². The highest BCUT2D eigenvalue weighted by Crippen LogP contribution is 2.30. The minimum absolute atomic E-state index is 0.836. The fourth-order valence-corrected chi connectivity index (χ4v) is 4.34. The van der Waals surface area contributed by atoms with Crippen molar-refractivity contribution < 1.29 is 0 Å². The second-order valence-corrected chi connectivity index (χ2v) is 8.41. The van der Waals surface area contributed by atoms with Gasteiger partial charge in [-0.3, -0.25) is 4.98 Å². The van der Waals surface area contributed by atoms with E-state index in [0.29, 0.717) is 0 Å². The van der Waals surface area contributed by atoms with Crippen LogP contribution in [0.25, 0.3) is 10.9 Å². The molecule has 0 fully saturated rings. The molecule has 0 amide bonds. The van der Waals surface area contributed by atoms with Crippen molar-refractivity contribution in [3.63, 3.8) is 0 Å². The van der Waals surface area contributed by atoms with Crippen molar-refractivity contribution >= 4 is 24.8 Å². The van der Waals surface area contributed by atoms with Gasteiger partial charge in [-0.15, -0.1) is 6.58 Å². The number of fused-ring (bicyclic) bond motifs is 1. The van der Waals surface area contributed by atoms with E-state index in [0.717, 1.165) is 46.5 Å². The van der Waals surface area contributed by atoms with E-state index in [4.69, 9.17) is 0 Å². The van der Waals surface area contributed by atoms with Gasteiger partial charge in [0.25, 0.3) is 0 Å². The summed E-state index contributed by atoms with van der Waals surface area (Å²) in [6.45, 7) is 11.8. The third-order valence-electron chi connectivity index (χ3n) is 5.18. The van der Waals surface area contributed by atoms with E-state index in [-0.39, 0.29) is 0 Å². The van der Waals surface area contributed by atoms with Crippen LogP contribution in [-0.2, 0) is 25.8 Å². The quantitative estimate of drug-likeness (QED) is 0.346. The third kappa shape index (κ3) is 4.68. The van der Waals surface area contributed by atoms with E-state index in [1.807, 2.05) is 12.3 Å². The number of rotatable bonds is 9. The molecule has 3 aromatic rings. The van der Waals surface area contributed by atoms with Gasteiger partial charge in [0, 0.05) is 41.5 Å². The standard InChI is InChI=1S/C24H31N2P/c1-5-8-23-21(12-10-18(2)3)22-17-20(27-4)11-13-24(22)26(23)16-14-19-9-6-7-15-25-19/h6-7,9,11,13,15,17,27H,2,5,8,10,12,14,16H2,1,3-4H3. The fraction of sp³-hybridized carbons (Fsp3) is 0.375. The van der Waals surface area contributed by atoms with Crippen LogP contribution in [0.15, 0.2) is 54.7 Å². The van der Waals surface area contributed by atoms with Gasteiger partial charge in [-0.1, -0.05) is 39.6 Å². The third-order valence-corrected chi connectivity index (χ3v) is 6.07. The number of nitrogens with zero attached hydrogens (tertiary/aromatic N) is 2. The van der Waals surface area contributed by atoms with Gasteiger partial charge < -0.3 is 4.57 Å². The molecule has 0 aliphatic carbocycles. The van der Waals surface area contributed by atoms with E-state index < -0.39 is 0 Å². The lowest BCUT2D eigenvalue weighted by molar-refractivity contribution is 0.659. The summed E-state index contributed by atoms with van der Waals surface area (Å²) in [6, 6.07) is 13.3. The second kappa shape index (κ2) is 9.33. The van der Waals surface area contributed by atoms with Crippen LogP contribution in [0.5, 0.6) is 0 Å². The maximum atomic E-state index is 4.52. The molecule has 0 saturated carbocycles. The average molecular weight is 379 g/mol. The Bertz CT molecular complexity index is 909. The summed E-state index contributed by atoms with van der Waals surface area (Å²) in [4.78, 5) is 4.52. The number of hydrogen-bond donors (Lipinski definition) is 0. The molecule has 1 unspecified atom stereocenters. The average Bonchev–Trinajstić information content (AvgIpc) is 2.97. The molecule has 0 bridgehead atoms. The molecular formula is C24H31N2P. The van der Waals surface area contributed by atoms with Crippen molar-refractivity contribution in [2.45, 2.75) is 52.5 Å². The molecule has 0 aliphatic rings. The van der Waals surface area contributed by atoms with E-state index in [1.165, 1.54) is 39.5 Å². The Hall–Kier alpha value is -1.92. The summed E-state index contributed by atoms with van der Waals surface area (Å²) >= 11 is 0. The first kappa shape index (κ1) is 19.8. The maximum Gasteiger partial charge on any atom is 0.0485 e. The lowest BCUT2D eigenvalue weighted by Gasteiger charge is -2.12. The summed E-state index contributed by atoms with van der Waals surface area (Å²) < 4.78 is 2.56. The van der Waals surface area contributed by atoms with Gasteiger partial charge >= 0.3 is 0 Å². The molecule has 1 aromatic carbocycles. The number of pyridine rings is 1. The van der Waals surface area contributed by atoms with Crippen molar-refractivity contribution in [3.8, 4) is 0 Å². The zero-order chi connectivity index (χ0) is 19.2. The Morgan fingerprint density at radius 2 is 2.00 bits per heavy atom. The van der Waals surface area contributed by atoms with Crippen molar-refractivity contribution in [2.75, 3.05) is 6.66 Å². The molecule has 142 valence electrons. The number of hydrogen-bond acceptors (Lipinski definition) is 1. The van der Waals surface area contributed by atoms with Crippen LogP contribution >= 0.6 is 8.58 Å². The van der Waals surface area contributed by atoms with E-state index in [2.05, 4.69) is 67.0 Å². The predicted molar refractivity (Wildman–Crippen MR) is 121 cm³/mol. The molecule has 0 aliphatic heterocycles. The van der Waals surface area contributed by atoms with Gasteiger partial charge in [0.05, 0.1) is 0 Å². The molecular weight excluding hydrogens is 347 g/mol. The normalized spacial score (nSPS) is 11.7. The van der Waals surface area contributed by atoms with E-state index in [1.54, 1.807) is 0 Å². The molecule has 27 heavy (non-hydrogen) atoms. The van der Waals surface area contributed by atoms with Gasteiger partial charge in [-0.25, -0.2) is 0 Å². The van der Waals surface area contributed by atoms with Crippen LogP contribution in [-0.4, -0.2) is 16.2 Å². The lowest BCUT2D eigenvalue weighted by atomic mass is 10.0. The molecule has 2 heterocycles. The SMILES string of the molecule is C=C(C)CCc1c(CCC)n(CCc2ccccn2)c2ccc(PC)cc12. The van der Waals surface area contributed by atoms with Crippen LogP contribution in [0.1, 0.15) is 43.6 Å². The molecule has 0 spiro atoms.